The summed E-state index contributed by atoms with van der Waals surface area (Å²) in [6.45, 7) is 7.19. The minimum Gasteiger partial charge on any atom is -0.354 e. The Hall–Kier alpha value is -2.19. The topological polar surface area (TPSA) is 71.2 Å². The number of piperazine rings is 1. The molecule has 3 aromatic heterocycles. The molecule has 0 bridgehead atoms. The van der Waals surface area contributed by atoms with E-state index in [1.807, 2.05) is 16.6 Å². The monoisotopic (exact) mass is 355 g/mol. The van der Waals surface area contributed by atoms with Gasteiger partial charge in [0.2, 0.25) is 0 Å². The molecule has 3 aromatic rings. The van der Waals surface area contributed by atoms with E-state index in [0.717, 1.165) is 41.8 Å². The van der Waals surface area contributed by atoms with Crippen LogP contribution in [0.3, 0.4) is 0 Å². The highest BCUT2D eigenvalue weighted by molar-refractivity contribution is 7.99. The van der Waals surface area contributed by atoms with Crippen LogP contribution in [0.5, 0.6) is 0 Å². The summed E-state index contributed by atoms with van der Waals surface area (Å²) < 4.78 is 1.86. The van der Waals surface area contributed by atoms with Gasteiger partial charge in [-0.3, -0.25) is 4.98 Å². The Morgan fingerprint density at radius 3 is 3.04 bits per heavy atom. The maximum atomic E-state index is 4.72. The van der Waals surface area contributed by atoms with Crippen molar-refractivity contribution in [2.75, 3.05) is 30.3 Å². The number of thioether (sulfide) groups is 1. The van der Waals surface area contributed by atoms with E-state index in [9.17, 15) is 0 Å². The molecule has 130 valence electrons. The second-order valence-electron chi connectivity index (χ2n) is 6.08. The van der Waals surface area contributed by atoms with Gasteiger partial charge in [-0.25, -0.2) is 4.98 Å². The van der Waals surface area contributed by atoms with Gasteiger partial charge < -0.3 is 10.2 Å². The molecule has 4 rings (SSSR count). The maximum Gasteiger partial charge on any atom is 0.255 e. The molecule has 0 radical (unpaired) electrons. The van der Waals surface area contributed by atoms with Gasteiger partial charge in [0.15, 0.2) is 5.82 Å². The number of hydrogen-bond acceptors (Lipinski definition) is 7. The minimum absolute atomic E-state index is 0.445. The van der Waals surface area contributed by atoms with Crippen molar-refractivity contribution in [3.63, 3.8) is 0 Å². The highest BCUT2D eigenvalue weighted by atomic mass is 32.2. The third-order valence-electron chi connectivity index (χ3n) is 4.17. The summed E-state index contributed by atoms with van der Waals surface area (Å²) in [6, 6.07) is 6.43. The maximum absolute atomic E-state index is 4.72. The van der Waals surface area contributed by atoms with Crippen molar-refractivity contribution in [2.24, 2.45) is 0 Å². The van der Waals surface area contributed by atoms with E-state index in [2.05, 4.69) is 45.1 Å². The molecule has 0 aromatic carbocycles. The van der Waals surface area contributed by atoms with Crippen molar-refractivity contribution < 1.29 is 0 Å². The van der Waals surface area contributed by atoms with Gasteiger partial charge >= 0.3 is 0 Å². The number of pyridine rings is 1. The standard InChI is InChI=1S/C17H21N7S/c1-3-25-14-9-15(23-8-7-19-12(2)11-23)24-17(20-14)21-16(22-24)13-5-4-6-18-10-13/h4-6,9-10,12,19H,3,7-8,11H2,1-2H3. The SMILES string of the molecule is CCSc1cc(N2CCNC(C)C2)n2nc(-c3cccnc3)nc2n1. The van der Waals surface area contributed by atoms with Crippen LogP contribution in [0.1, 0.15) is 13.8 Å². The van der Waals surface area contributed by atoms with Crippen molar-refractivity contribution >= 4 is 23.4 Å². The Labute approximate surface area is 150 Å². The Morgan fingerprint density at radius 2 is 2.28 bits per heavy atom. The lowest BCUT2D eigenvalue weighted by atomic mass is 10.2. The van der Waals surface area contributed by atoms with Crippen LogP contribution in [0.4, 0.5) is 5.82 Å². The molecule has 0 aliphatic carbocycles. The number of nitrogens with zero attached hydrogens (tertiary/aromatic N) is 6. The number of anilines is 1. The van der Waals surface area contributed by atoms with Crippen LogP contribution in [0.2, 0.25) is 0 Å². The Bertz CT molecular complexity index is 864. The molecule has 8 heteroatoms. The molecule has 1 aliphatic rings. The van der Waals surface area contributed by atoms with Gasteiger partial charge in [0.05, 0.1) is 0 Å². The second-order valence-corrected chi connectivity index (χ2v) is 7.36. The summed E-state index contributed by atoms with van der Waals surface area (Å²) in [5.74, 6) is 3.32. The van der Waals surface area contributed by atoms with Crippen LogP contribution < -0.4 is 10.2 Å². The lowest BCUT2D eigenvalue weighted by Crippen LogP contribution is -2.49. The predicted octanol–water partition coefficient (Wildman–Crippen LogP) is 2.10. The summed E-state index contributed by atoms with van der Waals surface area (Å²) in [7, 11) is 0. The molecule has 0 spiro atoms. The molecule has 1 N–H and O–H groups in total. The number of hydrogen-bond donors (Lipinski definition) is 1. The smallest absolute Gasteiger partial charge is 0.255 e. The van der Waals surface area contributed by atoms with Crippen LogP contribution in [0.25, 0.3) is 17.2 Å². The van der Waals surface area contributed by atoms with E-state index in [-0.39, 0.29) is 0 Å². The first kappa shape index (κ1) is 16.3. The van der Waals surface area contributed by atoms with Crippen molar-refractivity contribution in [1.82, 2.24) is 29.9 Å². The molecule has 1 saturated heterocycles. The summed E-state index contributed by atoms with van der Waals surface area (Å²) in [4.78, 5) is 15.8. The van der Waals surface area contributed by atoms with Gasteiger partial charge in [0.1, 0.15) is 10.8 Å². The van der Waals surface area contributed by atoms with Crippen LogP contribution in [-0.2, 0) is 0 Å². The number of fused-ring (bicyclic) bond motifs is 1. The number of rotatable bonds is 4. The largest absolute Gasteiger partial charge is 0.354 e. The molecule has 4 heterocycles. The van der Waals surface area contributed by atoms with Gasteiger partial charge in [-0.2, -0.15) is 9.50 Å². The van der Waals surface area contributed by atoms with Gasteiger partial charge in [-0.05, 0) is 24.8 Å². The van der Waals surface area contributed by atoms with Gasteiger partial charge in [-0.1, -0.05) is 6.92 Å². The van der Waals surface area contributed by atoms with Crippen molar-refractivity contribution in [3.05, 3.63) is 30.6 Å². The van der Waals surface area contributed by atoms with Crippen molar-refractivity contribution in [1.29, 1.82) is 0 Å². The fraction of sp³-hybridized carbons (Fsp3) is 0.412. The first-order valence-electron chi connectivity index (χ1n) is 8.54. The van der Waals surface area contributed by atoms with Crippen LogP contribution in [0.15, 0.2) is 35.6 Å². The molecular weight excluding hydrogens is 334 g/mol. The molecule has 1 unspecified atom stereocenters. The zero-order valence-electron chi connectivity index (χ0n) is 14.4. The summed E-state index contributed by atoms with van der Waals surface area (Å²) in [5.41, 5.74) is 0.900. The fourth-order valence-electron chi connectivity index (χ4n) is 3.04. The van der Waals surface area contributed by atoms with Crippen molar-refractivity contribution in [3.8, 4) is 11.4 Å². The molecule has 1 aliphatic heterocycles. The number of nitrogens with one attached hydrogen (secondary N) is 1. The minimum atomic E-state index is 0.445. The lowest BCUT2D eigenvalue weighted by molar-refractivity contribution is 0.479. The average Bonchev–Trinajstić information content (AvgIpc) is 3.06. The normalized spacial score (nSPS) is 18.0. The van der Waals surface area contributed by atoms with Crippen LogP contribution >= 0.6 is 11.8 Å². The Balaban J connectivity index is 1.82. The average molecular weight is 355 g/mol. The molecule has 25 heavy (non-hydrogen) atoms. The number of aromatic nitrogens is 5. The molecule has 0 amide bonds. The highest BCUT2D eigenvalue weighted by Gasteiger charge is 2.21. The molecule has 1 fully saturated rings. The lowest BCUT2D eigenvalue weighted by Gasteiger charge is -2.33. The van der Waals surface area contributed by atoms with Crippen LogP contribution in [-0.4, -0.2) is 56.0 Å². The summed E-state index contributed by atoms with van der Waals surface area (Å²) >= 11 is 1.73. The van der Waals surface area contributed by atoms with E-state index in [0.29, 0.717) is 17.6 Å². The molecule has 1 atom stereocenters. The van der Waals surface area contributed by atoms with E-state index in [4.69, 9.17) is 5.10 Å². The zero-order chi connectivity index (χ0) is 17.2. The summed E-state index contributed by atoms with van der Waals surface area (Å²) in [6.07, 6.45) is 3.53. The summed E-state index contributed by atoms with van der Waals surface area (Å²) in [5, 5.41) is 9.19. The second kappa shape index (κ2) is 6.97. The quantitative estimate of drug-likeness (QED) is 0.567. The van der Waals surface area contributed by atoms with Crippen molar-refractivity contribution in [2.45, 2.75) is 24.9 Å². The Kier molecular flexibility index (Phi) is 4.54. The van der Waals surface area contributed by atoms with E-state index >= 15 is 0 Å². The third kappa shape index (κ3) is 3.32. The van der Waals surface area contributed by atoms with Gasteiger partial charge in [-0.15, -0.1) is 16.9 Å². The Morgan fingerprint density at radius 1 is 1.36 bits per heavy atom. The third-order valence-corrected chi connectivity index (χ3v) is 4.97. The molecule has 7 nitrogen and oxygen atoms in total. The molecular formula is C17H21N7S. The zero-order valence-corrected chi connectivity index (χ0v) is 15.2. The van der Waals surface area contributed by atoms with Gasteiger partial charge in [0, 0.05) is 49.7 Å². The molecule has 0 saturated carbocycles. The van der Waals surface area contributed by atoms with E-state index < -0.39 is 0 Å². The predicted molar refractivity (Wildman–Crippen MR) is 100 cm³/mol. The van der Waals surface area contributed by atoms with Crippen LogP contribution in [0, 0.1) is 0 Å². The first-order valence-corrected chi connectivity index (χ1v) is 9.52. The van der Waals surface area contributed by atoms with E-state index in [1.54, 1.807) is 24.2 Å². The van der Waals surface area contributed by atoms with Gasteiger partial charge in [0.25, 0.3) is 5.78 Å². The van der Waals surface area contributed by atoms with E-state index in [1.165, 1.54) is 0 Å². The highest BCUT2D eigenvalue weighted by Crippen LogP contribution is 2.25. The first-order chi connectivity index (χ1) is 12.2. The fourth-order valence-corrected chi connectivity index (χ4v) is 3.67.